The molecule has 0 bridgehead atoms. The molecule has 0 aliphatic rings. The normalized spacial score (nSPS) is 10.3. The van der Waals surface area contributed by atoms with Gasteiger partial charge in [0.15, 0.2) is 0 Å². The first-order chi connectivity index (χ1) is 15.0. The molecule has 31 heavy (non-hydrogen) atoms. The SMILES string of the molecule is CCOc1ccc(Oc2cc(CNC(=O)c3cc(OC)c(C)c(OC)c3)ccn2)cc1. The number of hydrogen-bond acceptors (Lipinski definition) is 6. The lowest BCUT2D eigenvalue weighted by Gasteiger charge is -2.13. The van der Waals surface area contributed by atoms with Crippen molar-refractivity contribution in [2.24, 2.45) is 0 Å². The van der Waals surface area contributed by atoms with Crippen molar-refractivity contribution in [3.63, 3.8) is 0 Å². The van der Waals surface area contributed by atoms with Gasteiger partial charge in [0.05, 0.1) is 20.8 Å². The molecule has 3 rings (SSSR count). The van der Waals surface area contributed by atoms with E-state index in [0.717, 1.165) is 16.9 Å². The highest BCUT2D eigenvalue weighted by atomic mass is 16.5. The predicted molar refractivity (Wildman–Crippen MR) is 117 cm³/mol. The van der Waals surface area contributed by atoms with Crippen LogP contribution >= 0.6 is 0 Å². The lowest BCUT2D eigenvalue weighted by molar-refractivity contribution is 0.0950. The number of carbonyl (C=O) groups is 1. The first-order valence-corrected chi connectivity index (χ1v) is 9.90. The minimum absolute atomic E-state index is 0.234. The number of benzene rings is 2. The van der Waals surface area contributed by atoms with Crippen LogP contribution in [0.5, 0.6) is 28.9 Å². The van der Waals surface area contributed by atoms with Crippen LogP contribution in [0, 0.1) is 6.92 Å². The minimum Gasteiger partial charge on any atom is -0.496 e. The van der Waals surface area contributed by atoms with Crippen molar-refractivity contribution in [2.75, 3.05) is 20.8 Å². The summed E-state index contributed by atoms with van der Waals surface area (Å²) in [4.78, 5) is 16.9. The first-order valence-electron chi connectivity index (χ1n) is 9.90. The van der Waals surface area contributed by atoms with Gasteiger partial charge < -0.3 is 24.3 Å². The molecule has 1 heterocycles. The molecular weight excluding hydrogens is 396 g/mol. The monoisotopic (exact) mass is 422 g/mol. The third-order valence-corrected chi connectivity index (χ3v) is 4.62. The van der Waals surface area contributed by atoms with E-state index in [4.69, 9.17) is 18.9 Å². The standard InChI is InChI=1S/C24H26N2O5/c1-5-30-19-6-8-20(9-7-19)31-23-12-17(10-11-25-23)15-26-24(27)18-13-21(28-3)16(2)22(14-18)29-4/h6-14H,5,15H2,1-4H3,(H,26,27). The van der Waals surface area contributed by atoms with E-state index in [2.05, 4.69) is 10.3 Å². The molecule has 0 fully saturated rings. The molecule has 0 radical (unpaired) electrons. The van der Waals surface area contributed by atoms with Crippen LogP contribution in [0.25, 0.3) is 0 Å². The van der Waals surface area contributed by atoms with E-state index >= 15 is 0 Å². The number of ether oxygens (including phenoxy) is 4. The smallest absolute Gasteiger partial charge is 0.251 e. The maximum Gasteiger partial charge on any atom is 0.251 e. The molecule has 7 heteroatoms. The molecular formula is C24H26N2O5. The van der Waals surface area contributed by atoms with Gasteiger partial charge in [-0.1, -0.05) is 0 Å². The lowest BCUT2D eigenvalue weighted by Crippen LogP contribution is -2.23. The Balaban J connectivity index is 1.65. The summed E-state index contributed by atoms with van der Waals surface area (Å²) in [6, 6.07) is 14.3. The first kappa shape index (κ1) is 22.0. The summed E-state index contributed by atoms with van der Waals surface area (Å²) in [6.45, 7) is 4.74. The molecule has 3 aromatic rings. The maximum absolute atomic E-state index is 12.6. The van der Waals surface area contributed by atoms with Crippen LogP contribution < -0.4 is 24.3 Å². The zero-order valence-electron chi connectivity index (χ0n) is 18.1. The van der Waals surface area contributed by atoms with Crippen molar-refractivity contribution in [3.8, 4) is 28.9 Å². The largest absolute Gasteiger partial charge is 0.496 e. The Bertz CT molecular complexity index is 1010. The van der Waals surface area contributed by atoms with Gasteiger partial charge in [0.25, 0.3) is 5.91 Å². The number of nitrogens with one attached hydrogen (secondary N) is 1. The predicted octanol–water partition coefficient (Wildman–Crippen LogP) is 4.53. The second-order valence-corrected chi connectivity index (χ2v) is 6.70. The zero-order valence-corrected chi connectivity index (χ0v) is 18.1. The van der Waals surface area contributed by atoms with E-state index in [0.29, 0.717) is 41.8 Å². The lowest BCUT2D eigenvalue weighted by atomic mass is 10.1. The summed E-state index contributed by atoms with van der Waals surface area (Å²) in [5, 5.41) is 2.90. The van der Waals surface area contributed by atoms with Gasteiger partial charge in [0.2, 0.25) is 5.88 Å². The molecule has 0 aliphatic heterocycles. The number of amides is 1. The number of hydrogen-bond donors (Lipinski definition) is 1. The summed E-state index contributed by atoms with van der Waals surface area (Å²) < 4.78 is 21.9. The molecule has 2 aromatic carbocycles. The van der Waals surface area contributed by atoms with Crippen LogP contribution in [-0.2, 0) is 6.54 Å². The number of carbonyl (C=O) groups excluding carboxylic acids is 1. The third kappa shape index (κ3) is 5.66. The van der Waals surface area contributed by atoms with Gasteiger partial charge in [0, 0.05) is 29.9 Å². The van der Waals surface area contributed by atoms with Crippen molar-refractivity contribution in [1.29, 1.82) is 0 Å². The minimum atomic E-state index is -0.234. The zero-order chi connectivity index (χ0) is 22.2. The Morgan fingerprint density at radius 2 is 1.61 bits per heavy atom. The van der Waals surface area contributed by atoms with Crippen LogP contribution in [0.4, 0.5) is 0 Å². The van der Waals surface area contributed by atoms with Crippen LogP contribution in [0.3, 0.4) is 0 Å². The summed E-state index contributed by atoms with van der Waals surface area (Å²) in [7, 11) is 3.12. The number of pyridine rings is 1. The number of methoxy groups -OCH3 is 2. The van der Waals surface area contributed by atoms with Gasteiger partial charge in [-0.3, -0.25) is 4.79 Å². The van der Waals surface area contributed by atoms with E-state index in [1.807, 2.05) is 44.2 Å². The summed E-state index contributed by atoms with van der Waals surface area (Å²) in [5.74, 6) is 2.83. The highest BCUT2D eigenvalue weighted by molar-refractivity contribution is 5.95. The second-order valence-electron chi connectivity index (χ2n) is 6.70. The highest BCUT2D eigenvalue weighted by Gasteiger charge is 2.13. The van der Waals surface area contributed by atoms with E-state index in [-0.39, 0.29) is 5.91 Å². The van der Waals surface area contributed by atoms with Gasteiger partial charge in [-0.2, -0.15) is 0 Å². The van der Waals surface area contributed by atoms with Crippen LogP contribution in [0.1, 0.15) is 28.4 Å². The summed E-state index contributed by atoms with van der Waals surface area (Å²) in [5.41, 5.74) is 2.15. The fourth-order valence-electron chi connectivity index (χ4n) is 3.01. The van der Waals surface area contributed by atoms with Crippen molar-refractivity contribution in [1.82, 2.24) is 10.3 Å². The Hall–Kier alpha value is -3.74. The summed E-state index contributed by atoms with van der Waals surface area (Å²) in [6.07, 6.45) is 1.64. The maximum atomic E-state index is 12.6. The Kier molecular flexibility index (Phi) is 7.32. The van der Waals surface area contributed by atoms with E-state index < -0.39 is 0 Å². The molecule has 0 saturated carbocycles. The van der Waals surface area contributed by atoms with Gasteiger partial charge in [-0.05, 0) is 61.9 Å². The highest BCUT2D eigenvalue weighted by Crippen LogP contribution is 2.29. The van der Waals surface area contributed by atoms with E-state index in [1.54, 1.807) is 38.6 Å². The van der Waals surface area contributed by atoms with Crippen LogP contribution in [-0.4, -0.2) is 31.7 Å². The second kappa shape index (κ2) is 10.3. The molecule has 0 atom stereocenters. The Morgan fingerprint density at radius 1 is 0.968 bits per heavy atom. The van der Waals surface area contributed by atoms with Crippen molar-refractivity contribution >= 4 is 5.91 Å². The molecule has 1 amide bonds. The van der Waals surface area contributed by atoms with Crippen LogP contribution in [0.2, 0.25) is 0 Å². The van der Waals surface area contributed by atoms with Gasteiger partial charge in [0.1, 0.15) is 23.0 Å². The average molecular weight is 422 g/mol. The van der Waals surface area contributed by atoms with Crippen molar-refractivity contribution < 1.29 is 23.7 Å². The van der Waals surface area contributed by atoms with E-state index in [1.165, 1.54) is 0 Å². The molecule has 0 unspecified atom stereocenters. The van der Waals surface area contributed by atoms with E-state index in [9.17, 15) is 4.79 Å². The fourth-order valence-corrected chi connectivity index (χ4v) is 3.01. The molecule has 0 saturated heterocycles. The molecule has 1 aromatic heterocycles. The number of rotatable bonds is 9. The van der Waals surface area contributed by atoms with Gasteiger partial charge in [-0.25, -0.2) is 4.98 Å². The van der Waals surface area contributed by atoms with Crippen molar-refractivity contribution in [2.45, 2.75) is 20.4 Å². The van der Waals surface area contributed by atoms with Gasteiger partial charge >= 0.3 is 0 Å². The molecule has 1 N–H and O–H groups in total. The molecule has 162 valence electrons. The molecule has 0 aliphatic carbocycles. The Morgan fingerprint density at radius 3 is 2.23 bits per heavy atom. The quantitative estimate of drug-likeness (QED) is 0.546. The number of aromatic nitrogens is 1. The topological polar surface area (TPSA) is 78.9 Å². The van der Waals surface area contributed by atoms with Crippen LogP contribution in [0.15, 0.2) is 54.7 Å². The van der Waals surface area contributed by atoms with Crippen molar-refractivity contribution in [3.05, 3.63) is 71.4 Å². The summed E-state index contributed by atoms with van der Waals surface area (Å²) >= 11 is 0. The number of nitrogens with zero attached hydrogens (tertiary/aromatic N) is 1. The molecule has 7 nitrogen and oxygen atoms in total. The average Bonchev–Trinajstić information content (AvgIpc) is 2.79. The fraction of sp³-hybridized carbons (Fsp3) is 0.250. The van der Waals surface area contributed by atoms with Gasteiger partial charge in [-0.15, -0.1) is 0 Å². The third-order valence-electron chi connectivity index (χ3n) is 4.62. The Labute approximate surface area is 181 Å². The molecule has 0 spiro atoms.